The lowest BCUT2D eigenvalue weighted by atomic mass is 10.1. The number of carbonyl (C=O) groups is 1. The van der Waals surface area contributed by atoms with Gasteiger partial charge < -0.3 is 9.84 Å². The van der Waals surface area contributed by atoms with Gasteiger partial charge in [0.1, 0.15) is 11.5 Å². The monoisotopic (exact) mass is 242 g/mol. The van der Waals surface area contributed by atoms with Crippen molar-refractivity contribution in [2.45, 2.75) is 13.5 Å². The Kier molecular flexibility index (Phi) is 3.57. The van der Waals surface area contributed by atoms with Crippen LogP contribution in [0.2, 0.25) is 0 Å². The highest BCUT2D eigenvalue weighted by molar-refractivity contribution is 5.86. The molecule has 0 unspecified atom stereocenters. The molecule has 1 aromatic carbocycles. The molecule has 1 heterocycles. The van der Waals surface area contributed by atoms with E-state index in [4.69, 9.17) is 4.52 Å². The van der Waals surface area contributed by atoms with Gasteiger partial charge in [0.05, 0.1) is 0 Å². The Hall–Kier alpha value is -2.36. The number of nitrogens with zero attached hydrogens (tertiary/aromatic N) is 1. The van der Waals surface area contributed by atoms with Crippen molar-refractivity contribution in [1.29, 1.82) is 0 Å². The molecule has 0 atom stereocenters. The molecule has 4 nitrogen and oxygen atoms in total. The van der Waals surface area contributed by atoms with Gasteiger partial charge in [-0.15, -0.1) is 0 Å². The maximum absolute atomic E-state index is 11.2. The van der Waals surface area contributed by atoms with Gasteiger partial charge in [-0.1, -0.05) is 42.1 Å². The Morgan fingerprint density at radius 2 is 2.17 bits per heavy atom. The molecule has 1 N–H and O–H groups in total. The molecule has 0 aliphatic heterocycles. The number of nitrogens with one attached hydrogen (secondary N) is 1. The molecule has 0 aliphatic carbocycles. The lowest BCUT2D eigenvalue weighted by Crippen LogP contribution is -2.20. The third-order valence-electron chi connectivity index (χ3n) is 2.66. The van der Waals surface area contributed by atoms with Gasteiger partial charge in [0, 0.05) is 17.7 Å². The minimum Gasteiger partial charge on any atom is -0.361 e. The van der Waals surface area contributed by atoms with Crippen molar-refractivity contribution in [2.75, 3.05) is 0 Å². The predicted octanol–water partition coefficient (Wildman–Crippen LogP) is 2.45. The molecular weight excluding hydrogens is 228 g/mol. The van der Waals surface area contributed by atoms with Gasteiger partial charge >= 0.3 is 0 Å². The Balaban J connectivity index is 2.27. The minimum atomic E-state index is -0.213. The number of benzene rings is 1. The third-order valence-corrected chi connectivity index (χ3v) is 2.66. The normalized spacial score (nSPS) is 10.1. The van der Waals surface area contributed by atoms with Gasteiger partial charge in [-0.3, -0.25) is 4.79 Å². The fourth-order valence-electron chi connectivity index (χ4n) is 1.67. The van der Waals surface area contributed by atoms with Crippen molar-refractivity contribution in [3.05, 3.63) is 54.3 Å². The summed E-state index contributed by atoms with van der Waals surface area (Å²) in [6, 6.07) is 9.72. The third kappa shape index (κ3) is 2.48. The molecule has 1 amide bonds. The molecule has 0 bridgehead atoms. The van der Waals surface area contributed by atoms with Crippen LogP contribution < -0.4 is 5.32 Å². The highest BCUT2D eigenvalue weighted by Gasteiger charge is 2.14. The molecule has 0 saturated carbocycles. The van der Waals surface area contributed by atoms with E-state index in [0.717, 1.165) is 16.8 Å². The van der Waals surface area contributed by atoms with Gasteiger partial charge in [-0.25, -0.2) is 0 Å². The van der Waals surface area contributed by atoms with Gasteiger partial charge in [0.2, 0.25) is 5.91 Å². The molecule has 0 aliphatic rings. The number of carbonyl (C=O) groups excluding carboxylic acids is 1. The van der Waals surface area contributed by atoms with Crippen LogP contribution in [-0.4, -0.2) is 11.1 Å². The van der Waals surface area contributed by atoms with E-state index in [1.165, 1.54) is 6.08 Å². The Labute approximate surface area is 105 Å². The second-order valence-electron chi connectivity index (χ2n) is 3.85. The van der Waals surface area contributed by atoms with Crippen molar-refractivity contribution >= 4 is 5.91 Å². The number of hydrogen-bond donors (Lipinski definition) is 1. The van der Waals surface area contributed by atoms with Crippen LogP contribution >= 0.6 is 0 Å². The van der Waals surface area contributed by atoms with E-state index in [1.807, 2.05) is 37.3 Å². The topological polar surface area (TPSA) is 55.1 Å². The lowest BCUT2D eigenvalue weighted by Gasteiger charge is -2.03. The molecule has 0 radical (unpaired) electrons. The quantitative estimate of drug-likeness (QED) is 0.838. The van der Waals surface area contributed by atoms with Gasteiger partial charge in [-0.2, -0.15) is 0 Å². The molecule has 0 spiro atoms. The summed E-state index contributed by atoms with van der Waals surface area (Å²) in [6.45, 7) is 5.62. The van der Waals surface area contributed by atoms with E-state index in [9.17, 15) is 4.79 Å². The van der Waals surface area contributed by atoms with E-state index in [-0.39, 0.29) is 5.91 Å². The molecule has 0 fully saturated rings. The molecule has 2 rings (SSSR count). The van der Waals surface area contributed by atoms with Crippen molar-refractivity contribution < 1.29 is 9.32 Å². The van der Waals surface area contributed by atoms with Gasteiger partial charge in [0.25, 0.3) is 0 Å². The van der Waals surface area contributed by atoms with Crippen molar-refractivity contribution in [3.63, 3.8) is 0 Å². The summed E-state index contributed by atoms with van der Waals surface area (Å²) in [5.41, 5.74) is 2.62. The molecule has 0 saturated heterocycles. The van der Waals surface area contributed by atoms with Crippen LogP contribution in [0.1, 0.15) is 11.3 Å². The molecular formula is C14H14N2O2. The van der Waals surface area contributed by atoms with Crippen molar-refractivity contribution in [2.24, 2.45) is 0 Å². The van der Waals surface area contributed by atoms with E-state index in [1.54, 1.807) is 0 Å². The van der Waals surface area contributed by atoms with Crippen LogP contribution in [0.25, 0.3) is 11.3 Å². The van der Waals surface area contributed by atoms with Crippen molar-refractivity contribution in [1.82, 2.24) is 10.5 Å². The fraction of sp³-hybridized carbons (Fsp3) is 0.143. The summed E-state index contributed by atoms with van der Waals surface area (Å²) in [5, 5.41) is 6.77. The summed E-state index contributed by atoms with van der Waals surface area (Å²) in [4.78, 5) is 11.2. The molecule has 1 aromatic heterocycles. The van der Waals surface area contributed by atoms with Crippen LogP contribution in [0.15, 0.2) is 47.5 Å². The summed E-state index contributed by atoms with van der Waals surface area (Å²) in [7, 11) is 0. The largest absolute Gasteiger partial charge is 0.361 e. The second-order valence-corrected chi connectivity index (χ2v) is 3.85. The van der Waals surface area contributed by atoms with E-state index in [0.29, 0.717) is 12.3 Å². The van der Waals surface area contributed by atoms with E-state index >= 15 is 0 Å². The zero-order valence-corrected chi connectivity index (χ0v) is 10.1. The first-order valence-electron chi connectivity index (χ1n) is 5.63. The van der Waals surface area contributed by atoms with Gasteiger partial charge in [-0.05, 0) is 13.0 Å². The SMILES string of the molecule is C=CC(=O)NCc1c(-c2ccccc2)noc1C. The first kappa shape index (κ1) is 12.1. The molecule has 2 aromatic rings. The number of aromatic nitrogens is 1. The fourth-order valence-corrected chi connectivity index (χ4v) is 1.67. The van der Waals surface area contributed by atoms with Gasteiger partial charge in [0.15, 0.2) is 0 Å². The molecule has 92 valence electrons. The average molecular weight is 242 g/mol. The zero-order valence-electron chi connectivity index (χ0n) is 10.1. The molecule has 18 heavy (non-hydrogen) atoms. The Morgan fingerprint density at radius 1 is 1.44 bits per heavy atom. The number of amides is 1. The van der Waals surface area contributed by atoms with Crippen LogP contribution in [0.3, 0.4) is 0 Å². The summed E-state index contributed by atoms with van der Waals surface area (Å²) in [6.07, 6.45) is 1.24. The molecule has 4 heteroatoms. The first-order valence-corrected chi connectivity index (χ1v) is 5.63. The first-order chi connectivity index (χ1) is 8.72. The average Bonchev–Trinajstić information content (AvgIpc) is 2.78. The Bertz CT molecular complexity index is 558. The lowest BCUT2D eigenvalue weighted by molar-refractivity contribution is -0.116. The highest BCUT2D eigenvalue weighted by Crippen LogP contribution is 2.24. The van der Waals surface area contributed by atoms with E-state index < -0.39 is 0 Å². The smallest absolute Gasteiger partial charge is 0.243 e. The second kappa shape index (κ2) is 5.31. The standard InChI is InChI=1S/C14H14N2O2/c1-3-13(17)15-9-12-10(2)18-16-14(12)11-7-5-4-6-8-11/h3-8H,1,9H2,2H3,(H,15,17). The van der Waals surface area contributed by atoms with E-state index in [2.05, 4.69) is 17.1 Å². The summed E-state index contributed by atoms with van der Waals surface area (Å²) in [5.74, 6) is 0.493. The van der Waals surface area contributed by atoms with Crippen LogP contribution in [0.4, 0.5) is 0 Å². The zero-order chi connectivity index (χ0) is 13.0. The predicted molar refractivity (Wildman–Crippen MR) is 68.7 cm³/mol. The maximum Gasteiger partial charge on any atom is 0.243 e. The van der Waals surface area contributed by atoms with Crippen LogP contribution in [0.5, 0.6) is 0 Å². The number of hydrogen-bond acceptors (Lipinski definition) is 3. The van der Waals surface area contributed by atoms with Crippen molar-refractivity contribution in [3.8, 4) is 11.3 Å². The van der Waals surface area contributed by atoms with Crippen LogP contribution in [0, 0.1) is 6.92 Å². The van der Waals surface area contributed by atoms with Crippen LogP contribution in [-0.2, 0) is 11.3 Å². The number of aryl methyl sites for hydroxylation is 1. The summed E-state index contributed by atoms with van der Waals surface area (Å²) >= 11 is 0. The Morgan fingerprint density at radius 3 is 2.83 bits per heavy atom. The minimum absolute atomic E-state index is 0.213. The maximum atomic E-state index is 11.2. The number of rotatable bonds is 4. The summed E-state index contributed by atoms with van der Waals surface area (Å²) < 4.78 is 5.19. The highest BCUT2D eigenvalue weighted by atomic mass is 16.5.